The number of carbonyl (C=O) groups is 2. The summed E-state index contributed by atoms with van der Waals surface area (Å²) in [7, 11) is 0. The Kier molecular flexibility index (Phi) is 5.09. The topological polar surface area (TPSA) is 52.6 Å². The minimum absolute atomic E-state index is 0.237. The van der Waals surface area contributed by atoms with Gasteiger partial charge in [-0.1, -0.05) is 60.2 Å². The van der Waals surface area contributed by atoms with E-state index in [-0.39, 0.29) is 19.0 Å². The molecule has 0 saturated carbocycles. The van der Waals surface area contributed by atoms with E-state index in [4.69, 9.17) is 9.47 Å². The van der Waals surface area contributed by atoms with Crippen molar-refractivity contribution in [1.29, 1.82) is 0 Å². The van der Waals surface area contributed by atoms with Crippen LogP contribution in [0.5, 0.6) is 5.75 Å². The number of aryl methyl sites for hydroxylation is 1. The zero-order valence-corrected chi connectivity index (χ0v) is 13.9. The second-order valence-electron chi connectivity index (χ2n) is 5.75. The quantitative estimate of drug-likeness (QED) is 0.506. The number of benzene rings is 3. The van der Waals surface area contributed by atoms with Crippen LogP contribution >= 0.6 is 0 Å². The summed E-state index contributed by atoms with van der Waals surface area (Å²) in [5.41, 5.74) is 1.59. The Labute approximate surface area is 146 Å². The maximum absolute atomic E-state index is 12.0. The molecule has 3 aromatic rings. The minimum Gasteiger partial charge on any atom is -0.482 e. The predicted molar refractivity (Wildman–Crippen MR) is 95.9 cm³/mol. The van der Waals surface area contributed by atoms with Crippen molar-refractivity contribution in [3.8, 4) is 5.75 Å². The Bertz CT molecular complexity index is 897. The lowest BCUT2D eigenvalue weighted by atomic mass is 10.1. The fraction of sp³-hybridized carbons (Fsp3) is 0.143. The maximum Gasteiger partial charge on any atom is 0.344 e. The Morgan fingerprint density at radius 1 is 0.840 bits per heavy atom. The largest absolute Gasteiger partial charge is 0.482 e. The van der Waals surface area contributed by atoms with Gasteiger partial charge >= 0.3 is 5.97 Å². The van der Waals surface area contributed by atoms with Crippen molar-refractivity contribution < 1.29 is 19.1 Å². The fourth-order valence-electron chi connectivity index (χ4n) is 2.41. The van der Waals surface area contributed by atoms with E-state index < -0.39 is 5.97 Å². The van der Waals surface area contributed by atoms with Crippen molar-refractivity contribution in [3.05, 3.63) is 77.9 Å². The van der Waals surface area contributed by atoms with E-state index in [0.717, 1.165) is 16.3 Å². The van der Waals surface area contributed by atoms with Gasteiger partial charge in [-0.2, -0.15) is 0 Å². The molecule has 0 spiro atoms. The number of hydrogen-bond donors (Lipinski definition) is 0. The lowest BCUT2D eigenvalue weighted by Gasteiger charge is -2.08. The van der Waals surface area contributed by atoms with Gasteiger partial charge in [0.05, 0.1) is 0 Å². The summed E-state index contributed by atoms with van der Waals surface area (Å²) in [4.78, 5) is 23.7. The number of ketones is 1. The summed E-state index contributed by atoms with van der Waals surface area (Å²) in [5, 5.41) is 2.13. The molecule has 25 heavy (non-hydrogen) atoms. The molecule has 0 amide bonds. The number of hydrogen-bond acceptors (Lipinski definition) is 4. The van der Waals surface area contributed by atoms with Crippen LogP contribution in [0.1, 0.15) is 15.9 Å². The highest BCUT2D eigenvalue weighted by Gasteiger charge is 2.10. The second-order valence-corrected chi connectivity index (χ2v) is 5.75. The van der Waals surface area contributed by atoms with Gasteiger partial charge in [-0.05, 0) is 29.8 Å². The summed E-state index contributed by atoms with van der Waals surface area (Å²) >= 11 is 0. The van der Waals surface area contributed by atoms with Gasteiger partial charge in [0.15, 0.2) is 19.0 Å². The molecule has 126 valence electrons. The van der Waals surface area contributed by atoms with Crippen molar-refractivity contribution in [3.63, 3.8) is 0 Å². The summed E-state index contributed by atoms with van der Waals surface area (Å²) in [5.74, 6) is -0.229. The van der Waals surface area contributed by atoms with Crippen molar-refractivity contribution in [1.82, 2.24) is 0 Å². The van der Waals surface area contributed by atoms with E-state index >= 15 is 0 Å². The third-order valence-electron chi connectivity index (χ3n) is 3.82. The van der Waals surface area contributed by atoms with Crippen LogP contribution < -0.4 is 4.74 Å². The Morgan fingerprint density at radius 2 is 1.56 bits per heavy atom. The molecule has 0 aliphatic carbocycles. The molecule has 0 bridgehead atoms. The van der Waals surface area contributed by atoms with Gasteiger partial charge in [0, 0.05) is 5.56 Å². The van der Waals surface area contributed by atoms with Crippen LogP contribution in [0, 0.1) is 6.92 Å². The van der Waals surface area contributed by atoms with Crippen LogP contribution in [-0.4, -0.2) is 25.0 Å². The van der Waals surface area contributed by atoms with E-state index in [9.17, 15) is 9.59 Å². The van der Waals surface area contributed by atoms with Gasteiger partial charge in [0.1, 0.15) is 5.75 Å². The van der Waals surface area contributed by atoms with E-state index in [0.29, 0.717) is 11.3 Å². The zero-order valence-electron chi connectivity index (χ0n) is 13.9. The van der Waals surface area contributed by atoms with Crippen molar-refractivity contribution in [2.24, 2.45) is 0 Å². The smallest absolute Gasteiger partial charge is 0.344 e. The Balaban J connectivity index is 1.50. The van der Waals surface area contributed by atoms with Crippen LogP contribution in [0.2, 0.25) is 0 Å². The molecule has 0 unspecified atom stereocenters. The van der Waals surface area contributed by atoms with Crippen LogP contribution in [0.3, 0.4) is 0 Å². The van der Waals surface area contributed by atoms with E-state index in [1.165, 1.54) is 0 Å². The highest BCUT2D eigenvalue weighted by molar-refractivity contribution is 5.98. The number of esters is 1. The molecule has 0 radical (unpaired) electrons. The SMILES string of the molecule is Cc1ccc(C(=O)COC(=O)COc2ccc3ccccc3c2)cc1. The van der Waals surface area contributed by atoms with Gasteiger partial charge in [0.2, 0.25) is 0 Å². The standard InChI is InChI=1S/C21H18O4/c1-15-6-8-17(9-7-15)20(22)13-25-21(23)14-24-19-11-10-16-4-2-3-5-18(16)12-19/h2-12H,13-14H2,1H3. The Morgan fingerprint density at radius 3 is 2.32 bits per heavy atom. The lowest BCUT2D eigenvalue weighted by molar-refractivity contribution is -0.144. The normalized spacial score (nSPS) is 10.4. The summed E-state index contributed by atoms with van der Waals surface area (Å²) in [6.45, 7) is 1.42. The molecular weight excluding hydrogens is 316 g/mol. The predicted octanol–water partition coefficient (Wildman–Crippen LogP) is 3.95. The molecule has 0 saturated heterocycles. The van der Waals surface area contributed by atoms with Crippen LogP contribution in [0.25, 0.3) is 10.8 Å². The zero-order chi connectivity index (χ0) is 17.6. The van der Waals surface area contributed by atoms with Gasteiger partial charge < -0.3 is 9.47 Å². The molecule has 0 atom stereocenters. The Hall–Kier alpha value is -3.14. The van der Waals surface area contributed by atoms with Gasteiger partial charge in [0.25, 0.3) is 0 Å². The summed E-state index contributed by atoms with van der Waals surface area (Å²) in [6, 6.07) is 20.6. The van der Waals surface area contributed by atoms with E-state index in [1.54, 1.807) is 18.2 Å². The van der Waals surface area contributed by atoms with E-state index in [2.05, 4.69) is 0 Å². The first-order chi connectivity index (χ1) is 12.1. The highest BCUT2D eigenvalue weighted by Crippen LogP contribution is 2.20. The molecule has 0 heterocycles. The first-order valence-electron chi connectivity index (χ1n) is 7.99. The number of fused-ring (bicyclic) bond motifs is 1. The third-order valence-corrected chi connectivity index (χ3v) is 3.82. The summed E-state index contributed by atoms with van der Waals surface area (Å²) < 4.78 is 10.4. The highest BCUT2D eigenvalue weighted by atomic mass is 16.6. The van der Waals surface area contributed by atoms with Gasteiger partial charge in [-0.15, -0.1) is 0 Å². The summed E-state index contributed by atoms with van der Waals surface area (Å²) in [6.07, 6.45) is 0. The molecule has 0 aliphatic heterocycles. The van der Waals surface area contributed by atoms with Gasteiger partial charge in [-0.25, -0.2) is 4.79 Å². The molecule has 3 aromatic carbocycles. The average Bonchev–Trinajstić information content (AvgIpc) is 2.65. The molecule has 0 aliphatic rings. The molecule has 3 rings (SSSR count). The molecule has 0 N–H and O–H groups in total. The van der Waals surface area contributed by atoms with Crippen molar-refractivity contribution in [2.45, 2.75) is 6.92 Å². The van der Waals surface area contributed by atoms with Crippen LogP contribution in [0.15, 0.2) is 66.7 Å². The fourth-order valence-corrected chi connectivity index (χ4v) is 2.41. The number of ether oxygens (including phenoxy) is 2. The molecule has 4 heteroatoms. The lowest BCUT2D eigenvalue weighted by Crippen LogP contribution is -2.19. The first-order valence-corrected chi connectivity index (χ1v) is 7.99. The second kappa shape index (κ2) is 7.62. The maximum atomic E-state index is 12.0. The van der Waals surface area contributed by atoms with Crippen LogP contribution in [-0.2, 0) is 9.53 Å². The van der Waals surface area contributed by atoms with Crippen molar-refractivity contribution in [2.75, 3.05) is 13.2 Å². The third kappa shape index (κ3) is 4.44. The number of carbonyl (C=O) groups excluding carboxylic acids is 2. The number of rotatable bonds is 6. The molecule has 0 aromatic heterocycles. The van der Waals surface area contributed by atoms with Gasteiger partial charge in [-0.3, -0.25) is 4.79 Å². The molecular formula is C21H18O4. The van der Waals surface area contributed by atoms with Crippen molar-refractivity contribution >= 4 is 22.5 Å². The molecule has 4 nitrogen and oxygen atoms in total. The number of Topliss-reactive ketones (excluding diaryl/α,β-unsaturated/α-hetero) is 1. The minimum atomic E-state index is -0.575. The van der Waals surface area contributed by atoms with E-state index in [1.807, 2.05) is 55.5 Å². The monoisotopic (exact) mass is 334 g/mol. The molecule has 0 fully saturated rings. The average molecular weight is 334 g/mol. The van der Waals surface area contributed by atoms with Crippen LogP contribution in [0.4, 0.5) is 0 Å². The first kappa shape index (κ1) is 16.7.